The highest BCUT2D eigenvalue weighted by Crippen LogP contribution is 2.17. The first kappa shape index (κ1) is 20.9. The van der Waals surface area contributed by atoms with E-state index in [-0.39, 0.29) is 18.5 Å². The lowest BCUT2D eigenvalue weighted by Gasteiger charge is -2.34. The summed E-state index contributed by atoms with van der Waals surface area (Å²) in [5, 5.41) is 4.35. The zero-order valence-electron chi connectivity index (χ0n) is 17.4. The number of aromatic nitrogens is 2. The predicted octanol–water partition coefficient (Wildman–Crippen LogP) is 3.03. The highest BCUT2D eigenvalue weighted by molar-refractivity contribution is 5.92. The first-order chi connectivity index (χ1) is 15.1. The van der Waals surface area contributed by atoms with E-state index in [1.165, 1.54) is 6.07 Å². The minimum atomic E-state index is -0.191. The molecule has 1 amide bonds. The third kappa shape index (κ3) is 5.21. The molecule has 1 saturated heterocycles. The van der Waals surface area contributed by atoms with Crippen LogP contribution in [0.4, 0.5) is 4.39 Å². The summed E-state index contributed by atoms with van der Waals surface area (Å²) in [5.74, 6) is 1.15. The van der Waals surface area contributed by atoms with Gasteiger partial charge in [-0.1, -0.05) is 18.2 Å². The first-order valence-corrected chi connectivity index (χ1v) is 10.2. The van der Waals surface area contributed by atoms with Gasteiger partial charge in [-0.25, -0.2) is 9.07 Å². The molecule has 8 heteroatoms. The number of carbonyl (C=O) groups excluding carboxylic acids is 1. The Morgan fingerprint density at radius 3 is 2.42 bits per heavy atom. The number of halogens is 1. The number of nitrogens with zero attached hydrogens (tertiary/aromatic N) is 4. The lowest BCUT2D eigenvalue weighted by atomic mass is 10.2. The van der Waals surface area contributed by atoms with Crippen LogP contribution in [0.1, 0.15) is 16.1 Å². The standard InChI is InChI=1S/C23H25FN4O3/c1-30-19-6-8-20(9-7-19)31-17-28-11-10-22(25-28)23(29)27-14-12-26(13-15-27)16-18-4-2-3-5-21(18)24/h2-11H,12-17H2,1H3. The Morgan fingerprint density at radius 1 is 1.00 bits per heavy atom. The molecule has 31 heavy (non-hydrogen) atoms. The van der Waals surface area contributed by atoms with Crippen molar-refractivity contribution in [3.05, 3.63) is 77.9 Å². The largest absolute Gasteiger partial charge is 0.497 e. The maximum absolute atomic E-state index is 13.9. The first-order valence-electron chi connectivity index (χ1n) is 10.2. The van der Waals surface area contributed by atoms with Gasteiger partial charge in [-0.3, -0.25) is 9.69 Å². The van der Waals surface area contributed by atoms with Crippen LogP contribution in [0, 0.1) is 5.82 Å². The molecular weight excluding hydrogens is 399 g/mol. The van der Waals surface area contributed by atoms with Crippen LogP contribution >= 0.6 is 0 Å². The second-order valence-electron chi connectivity index (χ2n) is 7.35. The van der Waals surface area contributed by atoms with E-state index in [0.717, 1.165) is 5.75 Å². The number of hydrogen-bond donors (Lipinski definition) is 0. The number of piperazine rings is 1. The number of ether oxygens (including phenoxy) is 2. The van der Waals surface area contributed by atoms with E-state index >= 15 is 0 Å². The number of hydrogen-bond acceptors (Lipinski definition) is 5. The molecule has 0 atom stereocenters. The van der Waals surface area contributed by atoms with Crippen molar-refractivity contribution in [1.82, 2.24) is 19.6 Å². The fourth-order valence-corrected chi connectivity index (χ4v) is 3.50. The van der Waals surface area contributed by atoms with Crippen molar-refractivity contribution in [3.8, 4) is 11.5 Å². The smallest absolute Gasteiger partial charge is 0.274 e. The summed E-state index contributed by atoms with van der Waals surface area (Å²) in [6.07, 6.45) is 1.73. The molecule has 0 N–H and O–H groups in total. The van der Waals surface area contributed by atoms with Crippen LogP contribution in [0.5, 0.6) is 11.5 Å². The zero-order chi connectivity index (χ0) is 21.6. The van der Waals surface area contributed by atoms with Gasteiger partial charge in [-0.05, 0) is 36.4 Å². The Kier molecular flexibility index (Phi) is 6.47. The van der Waals surface area contributed by atoms with Gasteiger partial charge in [0.05, 0.1) is 7.11 Å². The normalized spacial score (nSPS) is 14.5. The number of rotatable bonds is 7. The minimum absolute atomic E-state index is 0.103. The SMILES string of the molecule is COc1ccc(OCn2ccc(C(=O)N3CCN(Cc4ccccc4F)CC3)n2)cc1. The van der Waals surface area contributed by atoms with Crippen LogP contribution in [-0.2, 0) is 13.3 Å². The molecule has 3 aromatic rings. The van der Waals surface area contributed by atoms with Gasteiger partial charge < -0.3 is 14.4 Å². The van der Waals surface area contributed by atoms with Crippen molar-refractivity contribution >= 4 is 5.91 Å². The molecule has 1 aliphatic rings. The second kappa shape index (κ2) is 9.61. The highest BCUT2D eigenvalue weighted by atomic mass is 19.1. The summed E-state index contributed by atoms with van der Waals surface area (Å²) in [7, 11) is 1.61. The molecular formula is C23H25FN4O3. The molecule has 0 spiro atoms. The van der Waals surface area contributed by atoms with Crippen LogP contribution in [0.25, 0.3) is 0 Å². The summed E-state index contributed by atoms with van der Waals surface area (Å²) < 4.78 is 26.3. The van der Waals surface area contributed by atoms with Crippen molar-refractivity contribution in [2.45, 2.75) is 13.3 Å². The van der Waals surface area contributed by atoms with Crippen LogP contribution in [-0.4, -0.2) is 58.8 Å². The summed E-state index contributed by atoms with van der Waals surface area (Å²) in [5.41, 5.74) is 1.07. The van der Waals surface area contributed by atoms with E-state index in [9.17, 15) is 9.18 Å². The highest BCUT2D eigenvalue weighted by Gasteiger charge is 2.24. The fourth-order valence-electron chi connectivity index (χ4n) is 3.50. The zero-order valence-corrected chi connectivity index (χ0v) is 17.4. The van der Waals surface area contributed by atoms with Crippen molar-refractivity contribution in [1.29, 1.82) is 0 Å². The van der Waals surface area contributed by atoms with E-state index in [2.05, 4.69) is 10.00 Å². The minimum Gasteiger partial charge on any atom is -0.497 e. The predicted molar refractivity (Wildman–Crippen MR) is 113 cm³/mol. The Morgan fingerprint density at radius 2 is 1.71 bits per heavy atom. The molecule has 2 aromatic carbocycles. The summed E-state index contributed by atoms with van der Waals surface area (Å²) in [6.45, 7) is 3.32. The van der Waals surface area contributed by atoms with E-state index in [1.54, 1.807) is 41.1 Å². The topological polar surface area (TPSA) is 59.8 Å². The molecule has 0 radical (unpaired) electrons. The van der Waals surface area contributed by atoms with Gasteiger partial charge in [0.15, 0.2) is 12.4 Å². The molecule has 1 fully saturated rings. The van der Waals surface area contributed by atoms with Crippen molar-refractivity contribution in [2.24, 2.45) is 0 Å². The van der Waals surface area contributed by atoms with Gasteiger partial charge in [0.2, 0.25) is 0 Å². The van der Waals surface area contributed by atoms with Gasteiger partial charge in [-0.2, -0.15) is 5.10 Å². The number of benzene rings is 2. The van der Waals surface area contributed by atoms with Crippen LogP contribution < -0.4 is 9.47 Å². The lowest BCUT2D eigenvalue weighted by Crippen LogP contribution is -2.48. The van der Waals surface area contributed by atoms with E-state index < -0.39 is 0 Å². The molecule has 0 bridgehead atoms. The third-order valence-corrected chi connectivity index (χ3v) is 5.29. The molecule has 7 nitrogen and oxygen atoms in total. The van der Waals surface area contributed by atoms with Crippen molar-refractivity contribution in [3.63, 3.8) is 0 Å². The molecule has 0 aliphatic carbocycles. The van der Waals surface area contributed by atoms with Crippen molar-refractivity contribution in [2.75, 3.05) is 33.3 Å². The molecule has 1 aliphatic heterocycles. The quantitative estimate of drug-likeness (QED) is 0.584. The second-order valence-corrected chi connectivity index (χ2v) is 7.35. The summed E-state index contributed by atoms with van der Waals surface area (Å²) in [4.78, 5) is 16.7. The van der Waals surface area contributed by atoms with E-state index in [0.29, 0.717) is 49.7 Å². The Bertz CT molecular complexity index is 1010. The average Bonchev–Trinajstić information content (AvgIpc) is 3.29. The lowest BCUT2D eigenvalue weighted by molar-refractivity contribution is 0.0619. The Hall–Kier alpha value is -3.39. The molecule has 0 saturated carbocycles. The fraction of sp³-hybridized carbons (Fsp3) is 0.304. The molecule has 4 rings (SSSR count). The van der Waals surface area contributed by atoms with Crippen LogP contribution in [0.3, 0.4) is 0 Å². The third-order valence-electron chi connectivity index (χ3n) is 5.29. The van der Waals surface area contributed by atoms with Gasteiger partial charge in [0.25, 0.3) is 5.91 Å². The summed E-state index contributed by atoms with van der Waals surface area (Å²) in [6, 6.07) is 15.8. The number of methoxy groups -OCH3 is 1. The van der Waals surface area contributed by atoms with Gasteiger partial charge in [-0.15, -0.1) is 0 Å². The molecule has 0 unspecified atom stereocenters. The maximum atomic E-state index is 13.9. The van der Waals surface area contributed by atoms with Crippen LogP contribution in [0.2, 0.25) is 0 Å². The van der Waals surface area contributed by atoms with Gasteiger partial charge in [0, 0.05) is 44.5 Å². The summed E-state index contributed by atoms with van der Waals surface area (Å²) >= 11 is 0. The molecule has 1 aromatic heterocycles. The maximum Gasteiger partial charge on any atom is 0.274 e. The monoisotopic (exact) mass is 424 g/mol. The number of carbonyl (C=O) groups is 1. The van der Waals surface area contributed by atoms with Crippen LogP contribution in [0.15, 0.2) is 60.8 Å². The average molecular weight is 424 g/mol. The van der Waals surface area contributed by atoms with Gasteiger partial charge >= 0.3 is 0 Å². The van der Waals surface area contributed by atoms with Crippen molar-refractivity contribution < 1.29 is 18.7 Å². The van der Waals surface area contributed by atoms with E-state index in [1.807, 2.05) is 30.3 Å². The van der Waals surface area contributed by atoms with Gasteiger partial charge in [0.1, 0.15) is 17.3 Å². The Balaban J connectivity index is 1.27. The Labute approximate surface area is 180 Å². The van der Waals surface area contributed by atoms with E-state index in [4.69, 9.17) is 9.47 Å². The number of amides is 1. The molecule has 162 valence electrons. The molecule has 2 heterocycles.